The molecule has 0 saturated carbocycles. The Morgan fingerprint density at radius 1 is 1.46 bits per heavy atom. The number of aromatic nitrogens is 4. The van der Waals surface area contributed by atoms with Crippen molar-refractivity contribution in [2.24, 2.45) is 0 Å². The molecule has 0 aliphatic carbocycles. The zero-order chi connectivity index (χ0) is 16.9. The molecule has 1 N–H and O–H groups in total. The van der Waals surface area contributed by atoms with Crippen molar-refractivity contribution in [3.8, 4) is 0 Å². The highest BCUT2D eigenvalue weighted by atomic mass is 16.5. The Bertz CT molecular complexity index is 674. The Hall–Kier alpha value is -2.32. The summed E-state index contributed by atoms with van der Waals surface area (Å²) < 4.78 is 7.69. The number of carbonyl (C=O) groups is 1. The van der Waals surface area contributed by atoms with E-state index in [4.69, 9.17) is 4.74 Å². The second kappa shape index (κ2) is 7.50. The molecule has 8 nitrogen and oxygen atoms in total. The van der Waals surface area contributed by atoms with E-state index in [1.807, 2.05) is 30.9 Å². The number of carbonyl (C=O) groups excluding carboxylic acids is 1. The molecule has 0 bridgehead atoms. The molecule has 128 valence electrons. The van der Waals surface area contributed by atoms with Crippen LogP contribution in [0.4, 0.5) is 5.95 Å². The van der Waals surface area contributed by atoms with E-state index in [1.165, 1.54) is 0 Å². The standard InChI is InChI=1S/C16H22N6O2/c1-12-8-19-22(9-12)11-14-10-21(6-7-24-14)13(2)15(23)20-16-17-4-3-5-18-16/h3-5,8-9,13-14H,6-7,10-11H2,1-2H3,(H,17,18,20,23)/t13-,14+/m0/s1. The molecule has 2 atom stereocenters. The molecule has 1 amide bonds. The summed E-state index contributed by atoms with van der Waals surface area (Å²) in [5.41, 5.74) is 1.12. The summed E-state index contributed by atoms with van der Waals surface area (Å²) in [6.07, 6.45) is 7.04. The van der Waals surface area contributed by atoms with Crippen molar-refractivity contribution in [1.29, 1.82) is 0 Å². The van der Waals surface area contributed by atoms with Crippen molar-refractivity contribution in [3.05, 3.63) is 36.4 Å². The van der Waals surface area contributed by atoms with E-state index in [1.54, 1.807) is 18.5 Å². The fourth-order valence-corrected chi connectivity index (χ4v) is 2.72. The van der Waals surface area contributed by atoms with Crippen molar-refractivity contribution < 1.29 is 9.53 Å². The number of nitrogens with zero attached hydrogens (tertiary/aromatic N) is 5. The Morgan fingerprint density at radius 3 is 2.96 bits per heavy atom. The summed E-state index contributed by atoms with van der Waals surface area (Å²) in [5.74, 6) is 0.211. The van der Waals surface area contributed by atoms with Crippen LogP contribution in [-0.4, -0.2) is 62.4 Å². The van der Waals surface area contributed by atoms with Crippen LogP contribution in [-0.2, 0) is 16.1 Å². The Labute approximate surface area is 140 Å². The highest BCUT2D eigenvalue weighted by Gasteiger charge is 2.28. The van der Waals surface area contributed by atoms with Gasteiger partial charge < -0.3 is 4.74 Å². The largest absolute Gasteiger partial charge is 0.374 e. The zero-order valence-corrected chi connectivity index (χ0v) is 13.9. The SMILES string of the molecule is Cc1cnn(C[C@H]2CN([C@@H](C)C(=O)Nc3ncccn3)CCO2)c1. The van der Waals surface area contributed by atoms with Crippen LogP contribution in [0.25, 0.3) is 0 Å². The zero-order valence-electron chi connectivity index (χ0n) is 13.9. The smallest absolute Gasteiger partial charge is 0.243 e. The molecule has 3 rings (SSSR count). The van der Waals surface area contributed by atoms with Gasteiger partial charge in [-0.25, -0.2) is 9.97 Å². The number of aryl methyl sites for hydroxylation is 1. The molecule has 8 heteroatoms. The van der Waals surface area contributed by atoms with Gasteiger partial charge >= 0.3 is 0 Å². The maximum Gasteiger partial charge on any atom is 0.243 e. The quantitative estimate of drug-likeness (QED) is 0.869. The average Bonchev–Trinajstić information content (AvgIpc) is 3.00. The van der Waals surface area contributed by atoms with Gasteiger partial charge in [0.15, 0.2) is 0 Å². The third kappa shape index (κ3) is 4.15. The molecule has 3 heterocycles. The van der Waals surface area contributed by atoms with Crippen molar-refractivity contribution >= 4 is 11.9 Å². The van der Waals surface area contributed by atoms with E-state index in [-0.39, 0.29) is 18.1 Å². The first-order chi connectivity index (χ1) is 11.6. The summed E-state index contributed by atoms with van der Waals surface area (Å²) in [5, 5.41) is 7.04. The third-order valence-corrected chi connectivity index (χ3v) is 4.05. The molecule has 0 spiro atoms. The van der Waals surface area contributed by atoms with Gasteiger partial charge in [0, 0.05) is 31.7 Å². The average molecular weight is 330 g/mol. The molecule has 2 aromatic heterocycles. The third-order valence-electron chi connectivity index (χ3n) is 4.05. The molecule has 2 aromatic rings. The summed E-state index contributed by atoms with van der Waals surface area (Å²) >= 11 is 0. The number of hydrogen-bond acceptors (Lipinski definition) is 6. The summed E-state index contributed by atoms with van der Waals surface area (Å²) in [7, 11) is 0. The molecule has 1 fully saturated rings. The van der Waals surface area contributed by atoms with Crippen LogP contribution in [0.2, 0.25) is 0 Å². The molecule has 24 heavy (non-hydrogen) atoms. The van der Waals surface area contributed by atoms with Gasteiger partial charge in [-0.2, -0.15) is 5.10 Å². The van der Waals surface area contributed by atoms with Gasteiger partial charge in [-0.05, 0) is 25.5 Å². The lowest BCUT2D eigenvalue weighted by atomic mass is 10.2. The number of rotatable bonds is 5. The van der Waals surface area contributed by atoms with E-state index in [2.05, 4.69) is 25.3 Å². The molecule has 0 radical (unpaired) electrons. The van der Waals surface area contributed by atoms with E-state index in [0.29, 0.717) is 25.6 Å². The lowest BCUT2D eigenvalue weighted by Gasteiger charge is -2.35. The molecule has 1 aliphatic heterocycles. The van der Waals surface area contributed by atoms with E-state index in [0.717, 1.165) is 12.1 Å². The van der Waals surface area contributed by atoms with Gasteiger partial charge in [0.2, 0.25) is 11.9 Å². The second-order valence-electron chi connectivity index (χ2n) is 5.97. The molecular weight excluding hydrogens is 308 g/mol. The number of ether oxygens (including phenoxy) is 1. The van der Waals surface area contributed by atoms with Gasteiger partial charge in [0.1, 0.15) is 0 Å². The van der Waals surface area contributed by atoms with Crippen LogP contribution in [0, 0.1) is 6.92 Å². The first-order valence-corrected chi connectivity index (χ1v) is 8.04. The van der Waals surface area contributed by atoms with Crippen molar-refractivity contribution in [3.63, 3.8) is 0 Å². The van der Waals surface area contributed by atoms with E-state index >= 15 is 0 Å². The second-order valence-corrected chi connectivity index (χ2v) is 5.97. The van der Waals surface area contributed by atoms with Gasteiger partial charge in [0.05, 0.1) is 31.5 Å². The first kappa shape index (κ1) is 16.5. The van der Waals surface area contributed by atoms with Gasteiger partial charge in [-0.15, -0.1) is 0 Å². The van der Waals surface area contributed by atoms with Crippen molar-refractivity contribution in [2.45, 2.75) is 32.5 Å². The van der Waals surface area contributed by atoms with Crippen LogP contribution in [0.15, 0.2) is 30.9 Å². The number of morpholine rings is 1. The molecule has 0 aromatic carbocycles. The van der Waals surface area contributed by atoms with E-state index in [9.17, 15) is 4.79 Å². The van der Waals surface area contributed by atoms with Gasteiger partial charge in [-0.1, -0.05) is 0 Å². The minimum Gasteiger partial charge on any atom is -0.374 e. The van der Waals surface area contributed by atoms with Crippen LogP contribution >= 0.6 is 0 Å². The molecule has 1 saturated heterocycles. The molecule has 1 aliphatic rings. The van der Waals surface area contributed by atoms with Crippen LogP contribution in [0.5, 0.6) is 0 Å². The Morgan fingerprint density at radius 2 is 2.25 bits per heavy atom. The summed E-state index contributed by atoms with van der Waals surface area (Å²) in [4.78, 5) is 22.5. The highest BCUT2D eigenvalue weighted by molar-refractivity contribution is 5.93. The molecule has 0 unspecified atom stereocenters. The minimum absolute atomic E-state index is 0.0151. The fraction of sp³-hybridized carbons (Fsp3) is 0.500. The predicted octanol–water partition coefficient (Wildman–Crippen LogP) is 0.710. The lowest BCUT2D eigenvalue weighted by molar-refractivity contribution is -0.124. The fourth-order valence-electron chi connectivity index (χ4n) is 2.72. The number of nitrogens with one attached hydrogen (secondary N) is 1. The predicted molar refractivity (Wildman–Crippen MR) is 88.4 cm³/mol. The van der Waals surface area contributed by atoms with Crippen molar-refractivity contribution in [2.75, 3.05) is 25.0 Å². The van der Waals surface area contributed by atoms with Gasteiger partial charge in [0.25, 0.3) is 0 Å². The first-order valence-electron chi connectivity index (χ1n) is 8.04. The lowest BCUT2D eigenvalue weighted by Crippen LogP contribution is -2.51. The minimum atomic E-state index is -0.278. The van der Waals surface area contributed by atoms with Crippen LogP contribution < -0.4 is 5.32 Å². The monoisotopic (exact) mass is 330 g/mol. The number of amides is 1. The van der Waals surface area contributed by atoms with Crippen LogP contribution in [0.1, 0.15) is 12.5 Å². The summed E-state index contributed by atoms with van der Waals surface area (Å²) in [6, 6.07) is 1.43. The Balaban J connectivity index is 1.56. The summed E-state index contributed by atoms with van der Waals surface area (Å²) in [6.45, 7) is 6.58. The van der Waals surface area contributed by atoms with Gasteiger partial charge in [-0.3, -0.25) is 19.7 Å². The number of hydrogen-bond donors (Lipinski definition) is 1. The van der Waals surface area contributed by atoms with E-state index < -0.39 is 0 Å². The number of anilines is 1. The highest BCUT2D eigenvalue weighted by Crippen LogP contribution is 2.12. The molecular formula is C16H22N6O2. The maximum atomic E-state index is 12.4. The maximum absolute atomic E-state index is 12.4. The Kier molecular flexibility index (Phi) is 5.17. The van der Waals surface area contributed by atoms with Crippen molar-refractivity contribution in [1.82, 2.24) is 24.6 Å². The van der Waals surface area contributed by atoms with Crippen LogP contribution in [0.3, 0.4) is 0 Å². The normalized spacial score (nSPS) is 19.8. The topological polar surface area (TPSA) is 85.2 Å².